The maximum absolute atomic E-state index is 2.41. The van der Waals surface area contributed by atoms with Crippen molar-refractivity contribution in [1.82, 2.24) is 0 Å². The number of benzene rings is 7. The third-order valence-corrected chi connectivity index (χ3v) is 9.33. The Balaban J connectivity index is 1.45. The Morgan fingerprint density at radius 1 is 0.425 bits per heavy atom. The van der Waals surface area contributed by atoms with Gasteiger partial charge in [-0.25, -0.2) is 0 Å². The van der Waals surface area contributed by atoms with Gasteiger partial charge in [0.2, 0.25) is 0 Å². The molecule has 9 rings (SSSR count). The molecule has 1 spiro atoms. The van der Waals surface area contributed by atoms with Crippen LogP contribution in [0.4, 0.5) is 0 Å². The number of hydrogen-bond donors (Lipinski definition) is 0. The largest absolute Gasteiger partial charge is 0.0731 e. The molecule has 0 aliphatic heterocycles. The molecule has 0 heteroatoms. The molecule has 0 aromatic heterocycles. The van der Waals surface area contributed by atoms with Gasteiger partial charge >= 0.3 is 0 Å². The summed E-state index contributed by atoms with van der Waals surface area (Å²) in [7, 11) is 0. The van der Waals surface area contributed by atoms with Crippen molar-refractivity contribution in [2.45, 2.75) is 12.3 Å². The van der Waals surface area contributed by atoms with Crippen LogP contribution in [0.3, 0.4) is 0 Å². The molecule has 7 aromatic carbocycles. The van der Waals surface area contributed by atoms with Crippen molar-refractivity contribution in [3.05, 3.63) is 167 Å². The van der Waals surface area contributed by atoms with E-state index in [0.717, 1.165) is 0 Å². The van der Waals surface area contributed by atoms with Crippen LogP contribution in [0.15, 0.2) is 140 Å². The molecular formula is C40H26. The predicted octanol–water partition coefficient (Wildman–Crippen LogP) is 10.3. The molecule has 0 heterocycles. The van der Waals surface area contributed by atoms with Gasteiger partial charge in [0.15, 0.2) is 0 Å². The minimum Gasteiger partial charge on any atom is -0.0619 e. The molecule has 2 aliphatic carbocycles. The van der Waals surface area contributed by atoms with E-state index >= 15 is 0 Å². The third kappa shape index (κ3) is 2.66. The van der Waals surface area contributed by atoms with E-state index in [1.807, 2.05) is 0 Å². The Labute approximate surface area is 234 Å². The summed E-state index contributed by atoms with van der Waals surface area (Å²) in [4.78, 5) is 0. The molecule has 0 unspecified atom stereocenters. The molecule has 0 atom stereocenters. The molecule has 0 nitrogen and oxygen atoms in total. The summed E-state index contributed by atoms with van der Waals surface area (Å²) < 4.78 is 0. The van der Waals surface area contributed by atoms with E-state index in [0.29, 0.717) is 0 Å². The van der Waals surface area contributed by atoms with Crippen molar-refractivity contribution in [3.63, 3.8) is 0 Å². The molecule has 0 bridgehead atoms. The van der Waals surface area contributed by atoms with E-state index in [-0.39, 0.29) is 5.41 Å². The highest BCUT2D eigenvalue weighted by atomic mass is 14.5. The maximum Gasteiger partial charge on any atom is 0.0731 e. The van der Waals surface area contributed by atoms with Crippen molar-refractivity contribution in [3.8, 4) is 33.4 Å². The molecule has 0 fully saturated rings. The Morgan fingerprint density at radius 2 is 1.07 bits per heavy atom. The summed E-state index contributed by atoms with van der Waals surface area (Å²) in [5, 5.41) is 5.24. The SMILES string of the molecule is Cc1ccc(-c2ccc3c4c(ccc3c2)-c2c(ccc3ccccc23)C42c3ccccc3-c3ccccc32)cc1. The minimum atomic E-state index is -0.354. The van der Waals surface area contributed by atoms with Crippen molar-refractivity contribution < 1.29 is 0 Å². The van der Waals surface area contributed by atoms with E-state index in [1.165, 1.54) is 82.7 Å². The first kappa shape index (κ1) is 21.9. The van der Waals surface area contributed by atoms with Gasteiger partial charge < -0.3 is 0 Å². The number of aryl methyl sites for hydroxylation is 1. The van der Waals surface area contributed by atoms with Gasteiger partial charge in [-0.15, -0.1) is 0 Å². The first-order valence-corrected chi connectivity index (χ1v) is 14.1. The highest BCUT2D eigenvalue weighted by molar-refractivity contribution is 6.11. The van der Waals surface area contributed by atoms with E-state index < -0.39 is 0 Å². The Bertz CT molecular complexity index is 2120. The zero-order valence-electron chi connectivity index (χ0n) is 22.3. The number of rotatable bonds is 1. The summed E-state index contributed by atoms with van der Waals surface area (Å²) in [5.41, 5.74) is 14.5. The van der Waals surface area contributed by atoms with Gasteiger partial charge in [-0.1, -0.05) is 139 Å². The lowest BCUT2D eigenvalue weighted by molar-refractivity contribution is 0.802. The van der Waals surface area contributed by atoms with E-state index in [2.05, 4.69) is 146 Å². The van der Waals surface area contributed by atoms with E-state index in [1.54, 1.807) is 0 Å². The fourth-order valence-corrected chi connectivity index (χ4v) is 7.67. The second-order valence-corrected chi connectivity index (χ2v) is 11.3. The summed E-state index contributed by atoms with van der Waals surface area (Å²) in [6.45, 7) is 2.14. The fraction of sp³-hybridized carbons (Fsp3) is 0.0500. The van der Waals surface area contributed by atoms with Crippen LogP contribution in [0.5, 0.6) is 0 Å². The van der Waals surface area contributed by atoms with Crippen molar-refractivity contribution in [2.75, 3.05) is 0 Å². The number of fused-ring (bicyclic) bond motifs is 14. The van der Waals surface area contributed by atoms with Gasteiger partial charge in [0.05, 0.1) is 5.41 Å². The first-order chi connectivity index (χ1) is 19.7. The lowest BCUT2D eigenvalue weighted by Crippen LogP contribution is -2.26. The Kier molecular flexibility index (Phi) is 4.28. The highest BCUT2D eigenvalue weighted by Crippen LogP contribution is 2.64. The van der Waals surface area contributed by atoms with Crippen LogP contribution in [0.25, 0.3) is 54.9 Å². The average Bonchev–Trinajstić information content (AvgIpc) is 3.49. The minimum absolute atomic E-state index is 0.354. The molecule has 0 radical (unpaired) electrons. The molecule has 0 saturated carbocycles. The topological polar surface area (TPSA) is 0 Å². The van der Waals surface area contributed by atoms with Gasteiger partial charge in [-0.3, -0.25) is 0 Å². The fourth-order valence-electron chi connectivity index (χ4n) is 7.67. The van der Waals surface area contributed by atoms with E-state index in [4.69, 9.17) is 0 Å². The highest BCUT2D eigenvalue weighted by Gasteiger charge is 2.52. The predicted molar refractivity (Wildman–Crippen MR) is 168 cm³/mol. The first-order valence-electron chi connectivity index (χ1n) is 14.1. The monoisotopic (exact) mass is 506 g/mol. The normalized spacial score (nSPS) is 13.8. The second kappa shape index (κ2) is 7.81. The van der Waals surface area contributed by atoms with Gasteiger partial charge in [-0.05, 0) is 90.2 Å². The molecular weight excluding hydrogens is 480 g/mol. The standard InChI is InChI=1S/C40H26/c1-25-14-16-26(17-15-25)28-18-21-31-29(24-28)19-22-34-38-30-9-3-2-8-27(30)20-23-37(38)40(39(31)34)35-12-6-4-10-32(35)33-11-5-7-13-36(33)40/h2-24H,1H3. The van der Waals surface area contributed by atoms with Crippen LogP contribution < -0.4 is 0 Å². The second-order valence-electron chi connectivity index (χ2n) is 11.3. The van der Waals surface area contributed by atoms with Crippen LogP contribution >= 0.6 is 0 Å². The summed E-state index contributed by atoms with van der Waals surface area (Å²) in [5.74, 6) is 0. The molecule has 0 N–H and O–H groups in total. The zero-order chi connectivity index (χ0) is 26.4. The number of hydrogen-bond acceptors (Lipinski definition) is 0. The van der Waals surface area contributed by atoms with Crippen LogP contribution in [0.1, 0.15) is 27.8 Å². The quantitative estimate of drug-likeness (QED) is 0.208. The lowest BCUT2D eigenvalue weighted by Gasteiger charge is -2.31. The Hall–Kier alpha value is -4.94. The maximum atomic E-state index is 2.41. The Morgan fingerprint density at radius 3 is 1.85 bits per heavy atom. The molecule has 186 valence electrons. The zero-order valence-corrected chi connectivity index (χ0v) is 22.3. The average molecular weight is 507 g/mol. The van der Waals surface area contributed by atoms with Crippen LogP contribution in [0, 0.1) is 6.92 Å². The third-order valence-electron chi connectivity index (χ3n) is 9.33. The van der Waals surface area contributed by atoms with Crippen molar-refractivity contribution in [1.29, 1.82) is 0 Å². The molecule has 0 saturated heterocycles. The molecule has 0 amide bonds. The van der Waals surface area contributed by atoms with Crippen molar-refractivity contribution >= 4 is 21.5 Å². The van der Waals surface area contributed by atoms with Crippen LogP contribution in [-0.2, 0) is 5.41 Å². The summed E-state index contributed by atoms with van der Waals surface area (Å²) in [6.07, 6.45) is 0. The smallest absolute Gasteiger partial charge is 0.0619 e. The molecule has 7 aromatic rings. The molecule has 2 aliphatic rings. The van der Waals surface area contributed by atoms with Gasteiger partial charge in [0.1, 0.15) is 0 Å². The lowest BCUT2D eigenvalue weighted by atomic mass is 9.69. The van der Waals surface area contributed by atoms with E-state index in [9.17, 15) is 0 Å². The summed E-state index contributed by atoms with van der Waals surface area (Å²) in [6, 6.07) is 52.4. The molecule has 40 heavy (non-hydrogen) atoms. The van der Waals surface area contributed by atoms with Crippen LogP contribution in [-0.4, -0.2) is 0 Å². The van der Waals surface area contributed by atoms with Gasteiger partial charge in [0, 0.05) is 0 Å². The summed E-state index contributed by atoms with van der Waals surface area (Å²) >= 11 is 0. The van der Waals surface area contributed by atoms with Crippen molar-refractivity contribution in [2.24, 2.45) is 0 Å². The van der Waals surface area contributed by atoms with Gasteiger partial charge in [0.25, 0.3) is 0 Å². The van der Waals surface area contributed by atoms with Crippen LogP contribution in [0.2, 0.25) is 0 Å². The van der Waals surface area contributed by atoms with Gasteiger partial charge in [-0.2, -0.15) is 0 Å².